The SMILES string of the molecule is CN(C)C(=O)c1cccc(-c2cn(CCC3CC3)c(=O)c3c2C=CC3)c1. The maximum absolute atomic E-state index is 12.8. The monoisotopic (exact) mass is 348 g/mol. The molecule has 26 heavy (non-hydrogen) atoms. The van der Waals surface area contributed by atoms with Gasteiger partial charge in [-0.1, -0.05) is 37.1 Å². The average molecular weight is 348 g/mol. The summed E-state index contributed by atoms with van der Waals surface area (Å²) in [6.07, 6.45) is 10.4. The molecule has 0 bridgehead atoms. The molecular weight excluding hydrogens is 324 g/mol. The van der Waals surface area contributed by atoms with Crippen LogP contribution in [-0.2, 0) is 13.0 Å². The maximum atomic E-state index is 12.8. The summed E-state index contributed by atoms with van der Waals surface area (Å²) in [5.74, 6) is 0.777. The molecule has 0 radical (unpaired) electrons. The molecule has 1 heterocycles. The molecule has 2 aromatic rings. The molecule has 1 aromatic carbocycles. The molecule has 0 atom stereocenters. The third kappa shape index (κ3) is 3.12. The van der Waals surface area contributed by atoms with Crippen molar-refractivity contribution in [1.29, 1.82) is 0 Å². The minimum atomic E-state index is -0.0129. The highest BCUT2D eigenvalue weighted by molar-refractivity contribution is 5.95. The van der Waals surface area contributed by atoms with Crippen LogP contribution >= 0.6 is 0 Å². The molecule has 0 aliphatic heterocycles. The number of benzene rings is 1. The first-order valence-corrected chi connectivity index (χ1v) is 9.29. The summed E-state index contributed by atoms with van der Waals surface area (Å²) in [4.78, 5) is 26.7. The molecule has 0 spiro atoms. The lowest BCUT2D eigenvalue weighted by Gasteiger charge is -2.15. The van der Waals surface area contributed by atoms with Gasteiger partial charge in [0.25, 0.3) is 11.5 Å². The number of fused-ring (bicyclic) bond motifs is 1. The summed E-state index contributed by atoms with van der Waals surface area (Å²) in [6.45, 7) is 0.778. The van der Waals surface area contributed by atoms with Crippen molar-refractivity contribution in [3.63, 3.8) is 0 Å². The van der Waals surface area contributed by atoms with Gasteiger partial charge in [0, 0.05) is 43.5 Å². The molecule has 4 nitrogen and oxygen atoms in total. The molecule has 1 amide bonds. The van der Waals surface area contributed by atoms with Gasteiger partial charge in [-0.2, -0.15) is 0 Å². The van der Waals surface area contributed by atoms with Crippen molar-refractivity contribution < 1.29 is 4.79 Å². The van der Waals surface area contributed by atoms with Crippen LogP contribution in [0.2, 0.25) is 0 Å². The quantitative estimate of drug-likeness (QED) is 0.829. The van der Waals surface area contributed by atoms with Gasteiger partial charge >= 0.3 is 0 Å². The Morgan fingerprint density at radius 1 is 1.27 bits per heavy atom. The van der Waals surface area contributed by atoms with E-state index >= 15 is 0 Å². The van der Waals surface area contributed by atoms with E-state index in [1.165, 1.54) is 12.8 Å². The number of carbonyl (C=O) groups is 1. The number of pyridine rings is 1. The summed E-state index contributed by atoms with van der Waals surface area (Å²) < 4.78 is 1.87. The van der Waals surface area contributed by atoms with Crippen molar-refractivity contribution in [3.8, 4) is 11.1 Å². The topological polar surface area (TPSA) is 42.3 Å². The zero-order chi connectivity index (χ0) is 18.3. The van der Waals surface area contributed by atoms with Crippen LogP contribution in [0.3, 0.4) is 0 Å². The van der Waals surface area contributed by atoms with Gasteiger partial charge in [-0.05, 0) is 42.0 Å². The lowest BCUT2D eigenvalue weighted by Crippen LogP contribution is -2.24. The first-order chi connectivity index (χ1) is 12.5. The van der Waals surface area contributed by atoms with Crippen LogP contribution in [-0.4, -0.2) is 29.5 Å². The Morgan fingerprint density at radius 3 is 2.81 bits per heavy atom. The number of carbonyl (C=O) groups excluding carboxylic acids is 1. The Labute approximate surface area is 153 Å². The van der Waals surface area contributed by atoms with Crippen LogP contribution in [0.4, 0.5) is 0 Å². The average Bonchev–Trinajstić information content (AvgIpc) is 3.34. The predicted octanol–water partition coefficient (Wildman–Crippen LogP) is 3.59. The van der Waals surface area contributed by atoms with Gasteiger partial charge in [0.2, 0.25) is 0 Å². The highest BCUT2D eigenvalue weighted by atomic mass is 16.2. The van der Waals surface area contributed by atoms with Crippen molar-refractivity contribution >= 4 is 12.0 Å². The molecule has 0 saturated heterocycles. The van der Waals surface area contributed by atoms with E-state index in [0.29, 0.717) is 12.0 Å². The van der Waals surface area contributed by atoms with E-state index < -0.39 is 0 Å². The van der Waals surface area contributed by atoms with E-state index in [9.17, 15) is 9.59 Å². The Bertz CT molecular complexity index is 949. The van der Waals surface area contributed by atoms with E-state index in [0.717, 1.165) is 41.1 Å². The second-order valence-electron chi connectivity index (χ2n) is 7.55. The molecule has 0 unspecified atom stereocenters. The van der Waals surface area contributed by atoms with Crippen molar-refractivity contribution in [3.05, 3.63) is 63.6 Å². The number of hydrogen-bond acceptors (Lipinski definition) is 2. The summed E-state index contributed by atoms with van der Waals surface area (Å²) >= 11 is 0. The summed E-state index contributed by atoms with van der Waals surface area (Å²) in [6, 6.07) is 7.70. The minimum Gasteiger partial charge on any atom is -0.345 e. The molecule has 1 saturated carbocycles. The predicted molar refractivity (Wildman–Crippen MR) is 104 cm³/mol. The van der Waals surface area contributed by atoms with Crippen molar-refractivity contribution in [2.75, 3.05) is 14.1 Å². The molecule has 0 N–H and O–H groups in total. The minimum absolute atomic E-state index is 0.0129. The lowest BCUT2D eigenvalue weighted by molar-refractivity contribution is 0.0827. The molecule has 2 aliphatic carbocycles. The zero-order valence-electron chi connectivity index (χ0n) is 15.4. The molecular formula is C22H24N2O2. The van der Waals surface area contributed by atoms with Crippen molar-refractivity contribution in [2.45, 2.75) is 32.2 Å². The van der Waals surface area contributed by atoms with E-state index in [4.69, 9.17) is 0 Å². The van der Waals surface area contributed by atoms with E-state index in [1.807, 2.05) is 41.1 Å². The van der Waals surface area contributed by atoms with Gasteiger partial charge in [-0.25, -0.2) is 0 Å². The van der Waals surface area contributed by atoms with Gasteiger partial charge in [0.1, 0.15) is 0 Å². The fourth-order valence-electron chi connectivity index (χ4n) is 3.62. The van der Waals surface area contributed by atoms with Gasteiger partial charge < -0.3 is 9.47 Å². The third-order valence-electron chi connectivity index (χ3n) is 5.33. The number of nitrogens with zero attached hydrogens (tertiary/aromatic N) is 2. The molecule has 4 rings (SSSR count). The molecule has 2 aliphatic rings. The Hall–Kier alpha value is -2.62. The van der Waals surface area contributed by atoms with Crippen LogP contribution in [0.5, 0.6) is 0 Å². The number of rotatable bonds is 5. The smallest absolute Gasteiger partial charge is 0.254 e. The summed E-state index contributed by atoms with van der Waals surface area (Å²) in [5.41, 5.74) is 4.71. The standard InChI is InChI=1S/C22H24N2O2/c1-23(2)21(25)17-6-3-5-16(13-17)20-14-24(12-11-15-9-10-15)22(26)19-8-4-7-18(19)20/h3-7,13-15H,8-12H2,1-2H3. The van der Waals surface area contributed by atoms with Crippen LogP contribution in [0.25, 0.3) is 17.2 Å². The molecule has 134 valence electrons. The zero-order valence-corrected chi connectivity index (χ0v) is 15.4. The Morgan fingerprint density at radius 2 is 2.08 bits per heavy atom. The molecule has 1 aromatic heterocycles. The van der Waals surface area contributed by atoms with Crippen LogP contribution in [0, 0.1) is 5.92 Å². The van der Waals surface area contributed by atoms with E-state index in [1.54, 1.807) is 19.0 Å². The second kappa shape index (κ2) is 6.60. The number of allylic oxidation sites excluding steroid dienone is 1. The van der Waals surface area contributed by atoms with Crippen molar-refractivity contribution in [1.82, 2.24) is 9.47 Å². The Balaban J connectivity index is 1.78. The summed E-state index contributed by atoms with van der Waals surface area (Å²) in [5, 5.41) is 0. The van der Waals surface area contributed by atoms with E-state index in [2.05, 4.69) is 6.08 Å². The third-order valence-corrected chi connectivity index (χ3v) is 5.33. The maximum Gasteiger partial charge on any atom is 0.254 e. The molecule has 4 heteroatoms. The normalized spacial score (nSPS) is 15.2. The Kier molecular flexibility index (Phi) is 4.27. The van der Waals surface area contributed by atoms with Gasteiger partial charge in [0.15, 0.2) is 0 Å². The van der Waals surface area contributed by atoms with Crippen LogP contribution < -0.4 is 5.56 Å². The first-order valence-electron chi connectivity index (χ1n) is 9.29. The van der Waals surface area contributed by atoms with Gasteiger partial charge in [-0.15, -0.1) is 0 Å². The van der Waals surface area contributed by atoms with Gasteiger partial charge in [0.05, 0.1) is 0 Å². The van der Waals surface area contributed by atoms with E-state index in [-0.39, 0.29) is 11.5 Å². The molecule has 1 fully saturated rings. The number of hydrogen-bond donors (Lipinski definition) is 0. The number of aromatic nitrogens is 1. The largest absolute Gasteiger partial charge is 0.345 e. The van der Waals surface area contributed by atoms with Crippen LogP contribution in [0.15, 0.2) is 41.3 Å². The van der Waals surface area contributed by atoms with Crippen LogP contribution in [0.1, 0.15) is 40.7 Å². The fraction of sp³-hybridized carbons (Fsp3) is 0.364. The highest BCUT2D eigenvalue weighted by Crippen LogP contribution is 2.34. The highest BCUT2D eigenvalue weighted by Gasteiger charge is 2.23. The summed E-state index contributed by atoms with van der Waals surface area (Å²) in [7, 11) is 3.51. The van der Waals surface area contributed by atoms with Crippen molar-refractivity contribution in [2.24, 2.45) is 5.92 Å². The first kappa shape index (κ1) is 16.8. The number of amides is 1. The van der Waals surface area contributed by atoms with Gasteiger partial charge in [-0.3, -0.25) is 9.59 Å². The fourth-order valence-corrected chi connectivity index (χ4v) is 3.62. The number of aryl methyl sites for hydroxylation is 1. The second-order valence-corrected chi connectivity index (χ2v) is 7.55. The lowest BCUT2D eigenvalue weighted by atomic mass is 9.97.